The van der Waals surface area contributed by atoms with Crippen molar-refractivity contribution < 1.29 is 9.18 Å². The molecule has 1 heterocycles. The zero-order chi connectivity index (χ0) is 13.8. The summed E-state index contributed by atoms with van der Waals surface area (Å²) in [6.45, 7) is 1.80. The number of halogens is 2. The zero-order valence-electron chi connectivity index (χ0n) is 10.2. The monoisotopic (exact) mass is 278 g/mol. The summed E-state index contributed by atoms with van der Waals surface area (Å²) in [7, 11) is 0. The summed E-state index contributed by atoms with van der Waals surface area (Å²) in [4.78, 5) is 15.4. The summed E-state index contributed by atoms with van der Waals surface area (Å²) in [6.07, 6.45) is 1.30. The maximum absolute atomic E-state index is 13.4. The van der Waals surface area contributed by atoms with Crippen LogP contribution < -0.4 is 5.32 Å². The lowest BCUT2D eigenvalue weighted by molar-refractivity contribution is 0.0935. The fourth-order valence-corrected chi connectivity index (χ4v) is 1.89. The molecule has 5 heteroatoms. The summed E-state index contributed by atoms with van der Waals surface area (Å²) >= 11 is 5.88. The van der Waals surface area contributed by atoms with Crippen molar-refractivity contribution in [3.8, 4) is 0 Å². The van der Waals surface area contributed by atoms with Gasteiger partial charge >= 0.3 is 0 Å². The van der Waals surface area contributed by atoms with Crippen LogP contribution in [-0.4, -0.2) is 10.9 Å². The molecule has 1 atom stereocenters. The van der Waals surface area contributed by atoms with Gasteiger partial charge in [0.1, 0.15) is 0 Å². The number of carbonyl (C=O) groups is 1. The molecule has 0 radical (unpaired) electrons. The Morgan fingerprint density at radius 1 is 1.37 bits per heavy atom. The standard InChI is InChI=1S/C14H12ClFN2O/c1-9(10-4-2-5-11(15)8-10)18-14(19)12-6-3-7-17-13(12)16/h2-9H,1H3,(H,18,19). The quantitative estimate of drug-likeness (QED) is 0.875. The van der Waals surface area contributed by atoms with Crippen LogP contribution in [0.25, 0.3) is 0 Å². The lowest BCUT2D eigenvalue weighted by Crippen LogP contribution is -2.27. The minimum atomic E-state index is -0.779. The van der Waals surface area contributed by atoms with Crippen molar-refractivity contribution in [3.05, 3.63) is 64.7 Å². The largest absolute Gasteiger partial charge is 0.345 e. The van der Waals surface area contributed by atoms with E-state index in [2.05, 4.69) is 10.3 Å². The Balaban J connectivity index is 2.13. The molecule has 3 nitrogen and oxygen atoms in total. The molecule has 0 saturated carbocycles. The second kappa shape index (κ2) is 5.80. The third-order valence-corrected chi connectivity index (χ3v) is 2.94. The van der Waals surface area contributed by atoms with Crippen LogP contribution in [0.15, 0.2) is 42.6 Å². The van der Waals surface area contributed by atoms with E-state index in [4.69, 9.17) is 11.6 Å². The highest BCUT2D eigenvalue weighted by Gasteiger charge is 2.15. The molecule has 2 rings (SSSR count). The second-order valence-corrected chi connectivity index (χ2v) is 4.53. The fraction of sp³-hybridized carbons (Fsp3) is 0.143. The summed E-state index contributed by atoms with van der Waals surface area (Å²) < 4.78 is 13.4. The number of hydrogen-bond donors (Lipinski definition) is 1. The minimum absolute atomic E-state index is 0.0728. The van der Waals surface area contributed by atoms with Gasteiger partial charge in [-0.1, -0.05) is 23.7 Å². The first-order chi connectivity index (χ1) is 9.08. The van der Waals surface area contributed by atoms with E-state index in [0.29, 0.717) is 5.02 Å². The molecule has 19 heavy (non-hydrogen) atoms. The first kappa shape index (κ1) is 13.5. The van der Waals surface area contributed by atoms with Crippen molar-refractivity contribution in [2.45, 2.75) is 13.0 Å². The van der Waals surface area contributed by atoms with Crippen molar-refractivity contribution in [2.75, 3.05) is 0 Å². The van der Waals surface area contributed by atoms with Gasteiger partial charge in [-0.2, -0.15) is 4.39 Å². The van der Waals surface area contributed by atoms with Gasteiger partial charge in [-0.15, -0.1) is 0 Å². The van der Waals surface area contributed by atoms with Crippen LogP contribution in [0.2, 0.25) is 5.02 Å². The van der Waals surface area contributed by atoms with Crippen molar-refractivity contribution in [1.82, 2.24) is 10.3 Å². The molecule has 0 spiro atoms. The van der Waals surface area contributed by atoms with Gasteiger partial charge in [0.05, 0.1) is 11.6 Å². The van der Waals surface area contributed by atoms with Gasteiger partial charge in [0, 0.05) is 11.2 Å². The molecular weight excluding hydrogens is 267 g/mol. The number of aromatic nitrogens is 1. The molecule has 0 bridgehead atoms. The first-order valence-electron chi connectivity index (χ1n) is 5.75. The highest BCUT2D eigenvalue weighted by Crippen LogP contribution is 2.18. The first-order valence-corrected chi connectivity index (χ1v) is 6.12. The van der Waals surface area contributed by atoms with Gasteiger partial charge in [-0.05, 0) is 36.8 Å². The predicted octanol–water partition coefficient (Wildman–Crippen LogP) is 3.37. The van der Waals surface area contributed by atoms with E-state index >= 15 is 0 Å². The highest BCUT2D eigenvalue weighted by molar-refractivity contribution is 6.30. The Hall–Kier alpha value is -1.94. The third kappa shape index (κ3) is 3.29. The van der Waals surface area contributed by atoms with Crippen LogP contribution in [0.1, 0.15) is 28.9 Å². The Morgan fingerprint density at radius 3 is 2.84 bits per heavy atom. The summed E-state index contributed by atoms with van der Waals surface area (Å²) in [5, 5.41) is 3.29. The van der Waals surface area contributed by atoms with Gasteiger partial charge in [-0.25, -0.2) is 4.98 Å². The zero-order valence-corrected chi connectivity index (χ0v) is 11.0. The van der Waals surface area contributed by atoms with Gasteiger partial charge in [0.25, 0.3) is 5.91 Å². The normalized spacial score (nSPS) is 11.9. The van der Waals surface area contributed by atoms with Crippen molar-refractivity contribution in [3.63, 3.8) is 0 Å². The lowest BCUT2D eigenvalue weighted by Gasteiger charge is -2.14. The summed E-state index contributed by atoms with van der Waals surface area (Å²) in [5.74, 6) is -1.28. The number of pyridine rings is 1. The van der Waals surface area contributed by atoms with E-state index in [9.17, 15) is 9.18 Å². The smallest absolute Gasteiger partial charge is 0.256 e. The maximum atomic E-state index is 13.4. The molecule has 2 aromatic rings. The molecule has 1 N–H and O–H groups in total. The van der Waals surface area contributed by atoms with E-state index in [1.165, 1.54) is 18.3 Å². The Labute approximate surface area is 115 Å². The highest BCUT2D eigenvalue weighted by atomic mass is 35.5. The van der Waals surface area contributed by atoms with E-state index in [0.717, 1.165) is 5.56 Å². The second-order valence-electron chi connectivity index (χ2n) is 4.09. The SMILES string of the molecule is CC(NC(=O)c1cccnc1F)c1cccc(Cl)c1. The molecule has 1 amide bonds. The number of nitrogens with zero attached hydrogens (tertiary/aromatic N) is 1. The Morgan fingerprint density at radius 2 is 2.16 bits per heavy atom. The number of nitrogens with one attached hydrogen (secondary N) is 1. The van der Waals surface area contributed by atoms with E-state index in [1.807, 2.05) is 6.07 Å². The Bertz CT molecular complexity index is 604. The molecule has 0 fully saturated rings. The van der Waals surface area contributed by atoms with Gasteiger partial charge < -0.3 is 5.32 Å². The van der Waals surface area contributed by atoms with Crippen molar-refractivity contribution in [1.29, 1.82) is 0 Å². The fourth-order valence-electron chi connectivity index (χ4n) is 1.69. The average molecular weight is 279 g/mol. The van der Waals surface area contributed by atoms with E-state index < -0.39 is 11.9 Å². The van der Waals surface area contributed by atoms with Gasteiger partial charge in [-0.3, -0.25) is 4.79 Å². The van der Waals surface area contributed by atoms with Crippen molar-refractivity contribution in [2.24, 2.45) is 0 Å². The van der Waals surface area contributed by atoms with Crippen LogP contribution in [0.4, 0.5) is 4.39 Å². The van der Waals surface area contributed by atoms with Crippen LogP contribution in [0, 0.1) is 5.95 Å². The predicted molar refractivity (Wildman–Crippen MR) is 71.5 cm³/mol. The lowest BCUT2D eigenvalue weighted by atomic mass is 10.1. The van der Waals surface area contributed by atoms with E-state index in [-0.39, 0.29) is 11.6 Å². The minimum Gasteiger partial charge on any atom is -0.345 e. The number of amides is 1. The van der Waals surface area contributed by atoms with Gasteiger partial charge in [0.15, 0.2) is 0 Å². The Kier molecular flexibility index (Phi) is 4.12. The molecule has 1 aromatic heterocycles. The molecular formula is C14H12ClFN2O. The molecule has 0 saturated heterocycles. The summed E-state index contributed by atoms with van der Waals surface area (Å²) in [6, 6.07) is 9.78. The van der Waals surface area contributed by atoms with Crippen molar-refractivity contribution >= 4 is 17.5 Å². The molecule has 0 aliphatic rings. The molecule has 1 unspecified atom stereocenters. The van der Waals surface area contributed by atoms with Gasteiger partial charge in [0.2, 0.25) is 5.95 Å². The van der Waals surface area contributed by atoms with E-state index in [1.54, 1.807) is 25.1 Å². The number of rotatable bonds is 3. The van der Waals surface area contributed by atoms with Crippen LogP contribution in [-0.2, 0) is 0 Å². The van der Waals surface area contributed by atoms with Crippen LogP contribution in [0.5, 0.6) is 0 Å². The molecule has 1 aromatic carbocycles. The maximum Gasteiger partial charge on any atom is 0.256 e. The number of hydrogen-bond acceptors (Lipinski definition) is 2. The number of carbonyl (C=O) groups excluding carboxylic acids is 1. The third-order valence-electron chi connectivity index (χ3n) is 2.70. The van der Waals surface area contributed by atoms with Crippen LogP contribution in [0.3, 0.4) is 0 Å². The molecule has 98 valence electrons. The molecule has 0 aliphatic heterocycles. The van der Waals surface area contributed by atoms with Crippen LogP contribution >= 0.6 is 11.6 Å². The number of benzene rings is 1. The topological polar surface area (TPSA) is 42.0 Å². The summed E-state index contributed by atoms with van der Waals surface area (Å²) in [5.41, 5.74) is 0.779. The molecule has 0 aliphatic carbocycles. The average Bonchev–Trinajstić information content (AvgIpc) is 2.39.